The molecular weight excluding hydrogens is 290 g/mol. The van der Waals surface area contributed by atoms with Gasteiger partial charge in [-0.1, -0.05) is 6.07 Å². The second-order valence-corrected chi connectivity index (χ2v) is 4.77. The van der Waals surface area contributed by atoms with Crippen molar-refractivity contribution in [3.63, 3.8) is 0 Å². The van der Waals surface area contributed by atoms with Gasteiger partial charge in [0.2, 0.25) is 0 Å². The van der Waals surface area contributed by atoms with Crippen LogP contribution in [0.5, 0.6) is 5.75 Å². The first-order valence-electron chi connectivity index (χ1n) is 6.90. The number of Topliss-reactive ketones (excluding diaryl/α,β-unsaturated/α-hetero) is 1. The molecule has 0 aliphatic rings. The summed E-state index contributed by atoms with van der Waals surface area (Å²) in [7, 11) is 0. The Hall–Kier alpha value is -2.27. The van der Waals surface area contributed by atoms with E-state index in [2.05, 4.69) is 0 Å². The Morgan fingerprint density at radius 2 is 1.86 bits per heavy atom. The van der Waals surface area contributed by atoms with Gasteiger partial charge < -0.3 is 9.84 Å². The summed E-state index contributed by atoms with van der Waals surface area (Å²) in [6.07, 6.45) is -1.60. The van der Waals surface area contributed by atoms with Gasteiger partial charge >= 0.3 is 0 Å². The van der Waals surface area contributed by atoms with Crippen LogP contribution in [0.3, 0.4) is 0 Å². The van der Waals surface area contributed by atoms with Crippen LogP contribution in [0.25, 0.3) is 0 Å². The van der Waals surface area contributed by atoms with Crippen LogP contribution < -0.4 is 4.74 Å². The molecule has 5 heteroatoms. The van der Waals surface area contributed by atoms with Crippen molar-refractivity contribution in [3.05, 3.63) is 65.2 Å². The van der Waals surface area contributed by atoms with Gasteiger partial charge in [-0.05, 0) is 37.3 Å². The van der Waals surface area contributed by atoms with Crippen LogP contribution in [0.2, 0.25) is 0 Å². The third kappa shape index (κ3) is 3.89. The lowest BCUT2D eigenvalue weighted by Gasteiger charge is -2.11. The maximum atomic E-state index is 13.6. The maximum Gasteiger partial charge on any atom is 0.165 e. The molecule has 0 heterocycles. The zero-order valence-corrected chi connectivity index (χ0v) is 12.1. The molecule has 0 saturated heterocycles. The molecule has 0 bridgehead atoms. The quantitative estimate of drug-likeness (QED) is 0.828. The Balaban J connectivity index is 2.07. The lowest BCUT2D eigenvalue weighted by Crippen LogP contribution is -2.09. The molecule has 0 aliphatic carbocycles. The fourth-order valence-electron chi connectivity index (χ4n) is 2.08. The summed E-state index contributed by atoms with van der Waals surface area (Å²) in [6.45, 7) is 2.38. The third-order valence-electron chi connectivity index (χ3n) is 3.19. The van der Waals surface area contributed by atoms with Crippen molar-refractivity contribution in [2.24, 2.45) is 0 Å². The molecule has 0 saturated carbocycles. The predicted molar refractivity (Wildman–Crippen MR) is 77.9 cm³/mol. The van der Waals surface area contributed by atoms with Gasteiger partial charge in [0.05, 0.1) is 12.7 Å². The number of ether oxygens (including phenoxy) is 1. The van der Waals surface area contributed by atoms with Crippen LogP contribution >= 0.6 is 0 Å². The highest BCUT2D eigenvalue weighted by atomic mass is 19.1. The third-order valence-corrected chi connectivity index (χ3v) is 3.19. The molecule has 1 unspecified atom stereocenters. The van der Waals surface area contributed by atoms with Crippen molar-refractivity contribution in [3.8, 4) is 5.75 Å². The smallest absolute Gasteiger partial charge is 0.165 e. The van der Waals surface area contributed by atoms with Gasteiger partial charge in [-0.3, -0.25) is 4.79 Å². The van der Waals surface area contributed by atoms with Gasteiger partial charge in [-0.2, -0.15) is 0 Å². The SMILES string of the molecule is CCOc1ccc(C(=O)CC(O)c2ccc(F)cc2F)cc1. The Bertz CT molecular complexity index is 653. The van der Waals surface area contributed by atoms with Crippen LogP contribution in [0.15, 0.2) is 42.5 Å². The van der Waals surface area contributed by atoms with Gasteiger partial charge in [-0.25, -0.2) is 8.78 Å². The topological polar surface area (TPSA) is 46.5 Å². The second kappa shape index (κ2) is 7.13. The van der Waals surface area contributed by atoms with Gasteiger partial charge in [0, 0.05) is 23.6 Å². The number of rotatable bonds is 6. The molecule has 0 amide bonds. The van der Waals surface area contributed by atoms with Crippen molar-refractivity contribution in [1.29, 1.82) is 0 Å². The van der Waals surface area contributed by atoms with Crippen molar-refractivity contribution in [2.75, 3.05) is 6.61 Å². The molecular formula is C17H16F2O3. The number of carbonyl (C=O) groups excluding carboxylic acids is 1. The minimum absolute atomic E-state index is 0.0966. The van der Waals surface area contributed by atoms with E-state index in [1.807, 2.05) is 6.92 Å². The molecule has 2 aromatic rings. The van der Waals surface area contributed by atoms with E-state index >= 15 is 0 Å². The Labute approximate surface area is 127 Å². The molecule has 22 heavy (non-hydrogen) atoms. The van der Waals surface area contributed by atoms with Gasteiger partial charge in [0.25, 0.3) is 0 Å². The molecule has 0 aromatic heterocycles. The number of aliphatic hydroxyl groups is 1. The standard InChI is InChI=1S/C17H16F2O3/c1-2-22-13-6-3-11(4-7-13)16(20)10-17(21)14-8-5-12(18)9-15(14)19/h3-9,17,21H,2,10H2,1H3. The highest BCUT2D eigenvalue weighted by Gasteiger charge is 2.18. The van der Waals surface area contributed by atoms with Crippen molar-refractivity contribution in [1.82, 2.24) is 0 Å². The largest absolute Gasteiger partial charge is 0.494 e. The van der Waals surface area contributed by atoms with Crippen LogP contribution in [-0.2, 0) is 0 Å². The van der Waals surface area contributed by atoms with E-state index in [4.69, 9.17) is 4.74 Å². The van der Waals surface area contributed by atoms with E-state index in [0.29, 0.717) is 24.0 Å². The van der Waals surface area contributed by atoms with Crippen LogP contribution in [-0.4, -0.2) is 17.5 Å². The van der Waals surface area contributed by atoms with E-state index < -0.39 is 17.7 Å². The maximum absolute atomic E-state index is 13.6. The summed E-state index contributed by atoms with van der Waals surface area (Å²) in [5, 5.41) is 9.95. The van der Waals surface area contributed by atoms with Gasteiger partial charge in [-0.15, -0.1) is 0 Å². The van der Waals surface area contributed by atoms with Gasteiger partial charge in [0.15, 0.2) is 5.78 Å². The van der Waals surface area contributed by atoms with E-state index in [9.17, 15) is 18.7 Å². The number of halogens is 2. The van der Waals surface area contributed by atoms with E-state index in [1.54, 1.807) is 24.3 Å². The fraction of sp³-hybridized carbons (Fsp3) is 0.235. The van der Waals surface area contributed by atoms with Gasteiger partial charge in [0.1, 0.15) is 17.4 Å². The Kier molecular flexibility index (Phi) is 5.22. The molecule has 0 fully saturated rings. The van der Waals surface area contributed by atoms with E-state index in [1.165, 1.54) is 0 Å². The Morgan fingerprint density at radius 3 is 2.45 bits per heavy atom. The molecule has 116 valence electrons. The first-order valence-corrected chi connectivity index (χ1v) is 6.90. The molecule has 1 N–H and O–H groups in total. The predicted octanol–water partition coefficient (Wildman–Crippen LogP) is 3.67. The van der Waals surface area contributed by atoms with E-state index in [-0.39, 0.29) is 17.8 Å². The van der Waals surface area contributed by atoms with Crippen molar-refractivity contribution in [2.45, 2.75) is 19.4 Å². The number of hydrogen-bond donors (Lipinski definition) is 1. The summed E-state index contributed by atoms with van der Waals surface area (Å²) < 4.78 is 31.7. The average molecular weight is 306 g/mol. The summed E-state index contributed by atoms with van der Waals surface area (Å²) in [5.41, 5.74) is 0.297. The zero-order chi connectivity index (χ0) is 16.1. The monoisotopic (exact) mass is 306 g/mol. The molecule has 2 aromatic carbocycles. The number of ketones is 1. The molecule has 2 rings (SSSR count). The molecule has 0 spiro atoms. The lowest BCUT2D eigenvalue weighted by molar-refractivity contribution is 0.0875. The van der Waals surface area contributed by atoms with E-state index in [0.717, 1.165) is 12.1 Å². The highest BCUT2D eigenvalue weighted by Crippen LogP contribution is 2.23. The number of carbonyl (C=O) groups is 1. The number of aliphatic hydroxyl groups excluding tert-OH is 1. The van der Waals surface area contributed by atoms with Crippen LogP contribution in [0.1, 0.15) is 35.4 Å². The Morgan fingerprint density at radius 1 is 1.18 bits per heavy atom. The number of benzene rings is 2. The lowest BCUT2D eigenvalue weighted by atomic mass is 10.00. The first kappa shape index (κ1) is 16.1. The molecule has 3 nitrogen and oxygen atoms in total. The number of hydrogen-bond acceptors (Lipinski definition) is 3. The normalized spacial score (nSPS) is 12.0. The molecule has 0 aliphatic heterocycles. The summed E-state index contributed by atoms with van der Waals surface area (Å²) >= 11 is 0. The second-order valence-electron chi connectivity index (χ2n) is 4.77. The minimum Gasteiger partial charge on any atom is -0.494 e. The minimum atomic E-state index is -1.32. The molecule has 1 atom stereocenters. The summed E-state index contributed by atoms with van der Waals surface area (Å²) in [4.78, 5) is 12.1. The fourth-order valence-corrected chi connectivity index (χ4v) is 2.08. The highest BCUT2D eigenvalue weighted by molar-refractivity contribution is 5.96. The summed E-state index contributed by atoms with van der Waals surface area (Å²) in [5.74, 6) is -1.29. The van der Waals surface area contributed by atoms with Crippen molar-refractivity contribution < 1.29 is 23.4 Å². The van der Waals surface area contributed by atoms with Crippen LogP contribution in [0.4, 0.5) is 8.78 Å². The van der Waals surface area contributed by atoms with Crippen LogP contribution in [0, 0.1) is 11.6 Å². The summed E-state index contributed by atoms with van der Waals surface area (Å²) in [6, 6.07) is 9.34. The first-order chi connectivity index (χ1) is 10.5. The van der Waals surface area contributed by atoms with Crippen molar-refractivity contribution >= 4 is 5.78 Å². The average Bonchev–Trinajstić information content (AvgIpc) is 2.48. The zero-order valence-electron chi connectivity index (χ0n) is 12.1. The molecule has 0 radical (unpaired) electrons.